The van der Waals surface area contributed by atoms with Crippen LogP contribution in [0.25, 0.3) is 10.4 Å². The lowest BCUT2D eigenvalue weighted by atomic mass is 9.97. The third-order valence-corrected chi connectivity index (χ3v) is 9.06. The minimum absolute atomic E-state index is 0.0239. The van der Waals surface area contributed by atoms with E-state index in [1.54, 1.807) is 0 Å². The normalized spacial score (nSPS) is 24.8. The molecule has 0 amide bonds. The van der Waals surface area contributed by atoms with Crippen molar-refractivity contribution in [3.63, 3.8) is 0 Å². The molecule has 0 unspecified atom stereocenters. The standard InChI is InChI=1S/C36H54N8O18S2/c1-17(45)53-15-25-27(55-19(3)47)29(57-21(5)49)31(59-23(7)51)33(61-25)41-35(63)38-9-12-44(14-11-40-43-37)13-10-39-36(64)42-34-32(60-24(8)52)30(58-22(6)50)28(56-20(4)48)26(62-34)16-54-18(2)46/h25-34H,9-16H2,1-8H3,(H2,38,41,63)(H2,39,42,64)/t25-,26-,27-,28-,29+,30+,31+,32+,33+,34+/m1/s1. The van der Waals surface area contributed by atoms with Gasteiger partial charge >= 0.3 is 47.8 Å². The average Bonchev–Trinajstić information content (AvgIpc) is 3.16. The second-order valence-corrected chi connectivity index (χ2v) is 14.7. The largest absolute Gasteiger partial charge is 0.463 e. The first-order chi connectivity index (χ1) is 30.1. The molecule has 0 aromatic carbocycles. The van der Waals surface area contributed by atoms with Gasteiger partial charge in [0.1, 0.15) is 25.4 Å². The molecule has 2 saturated heterocycles. The van der Waals surface area contributed by atoms with Gasteiger partial charge in [0, 0.05) is 99.6 Å². The number of carbonyl (C=O) groups excluding carboxylic acids is 8. The highest BCUT2D eigenvalue weighted by molar-refractivity contribution is 7.80. The number of rotatable bonds is 21. The van der Waals surface area contributed by atoms with E-state index in [1.807, 2.05) is 4.90 Å². The molecule has 0 aliphatic carbocycles. The van der Waals surface area contributed by atoms with Crippen LogP contribution in [0.5, 0.6) is 0 Å². The molecule has 0 aromatic rings. The summed E-state index contributed by atoms with van der Waals surface area (Å²) in [7, 11) is 0. The Balaban J connectivity index is 2.19. The molecular weight excluding hydrogens is 897 g/mol. The molecule has 4 N–H and O–H groups in total. The van der Waals surface area contributed by atoms with Gasteiger partial charge in [-0.3, -0.25) is 43.3 Å². The molecule has 2 aliphatic heterocycles. The Hall–Kier alpha value is -5.67. The number of carbonyl (C=O) groups is 8. The van der Waals surface area contributed by atoms with Gasteiger partial charge in [-0.2, -0.15) is 0 Å². The number of nitrogens with zero attached hydrogens (tertiary/aromatic N) is 4. The van der Waals surface area contributed by atoms with Gasteiger partial charge in [0.2, 0.25) is 0 Å². The first-order valence-corrected chi connectivity index (χ1v) is 20.4. The maximum Gasteiger partial charge on any atom is 0.303 e. The van der Waals surface area contributed by atoms with Crippen LogP contribution >= 0.6 is 24.4 Å². The number of thiocarbonyl (C=S) groups is 2. The van der Waals surface area contributed by atoms with Crippen LogP contribution in [0.15, 0.2) is 5.11 Å². The van der Waals surface area contributed by atoms with E-state index < -0.39 is 122 Å². The van der Waals surface area contributed by atoms with E-state index in [9.17, 15) is 38.4 Å². The molecule has 2 fully saturated rings. The Bertz CT molecular complexity index is 1640. The Morgan fingerprint density at radius 2 is 0.859 bits per heavy atom. The molecule has 64 heavy (non-hydrogen) atoms. The average molecular weight is 951 g/mol. The second-order valence-electron chi connectivity index (χ2n) is 13.8. The summed E-state index contributed by atoms with van der Waals surface area (Å²) in [5.74, 6) is -6.15. The summed E-state index contributed by atoms with van der Waals surface area (Å²) >= 11 is 11.0. The highest BCUT2D eigenvalue weighted by Crippen LogP contribution is 2.30. The minimum Gasteiger partial charge on any atom is -0.463 e. The van der Waals surface area contributed by atoms with Gasteiger partial charge in [-0.25, -0.2) is 0 Å². The van der Waals surface area contributed by atoms with Crippen molar-refractivity contribution < 1.29 is 85.7 Å². The zero-order valence-corrected chi connectivity index (χ0v) is 38.0. The van der Waals surface area contributed by atoms with Crippen LogP contribution in [0, 0.1) is 0 Å². The quantitative estimate of drug-likeness (QED) is 0.0259. The van der Waals surface area contributed by atoms with E-state index in [4.69, 9.17) is 77.3 Å². The highest BCUT2D eigenvalue weighted by Gasteiger charge is 2.54. The molecule has 10 atom stereocenters. The Morgan fingerprint density at radius 1 is 0.531 bits per heavy atom. The monoisotopic (exact) mass is 950 g/mol. The number of hydrogen-bond acceptors (Lipinski definition) is 22. The summed E-state index contributed by atoms with van der Waals surface area (Å²) in [5.41, 5.74) is 8.88. The lowest BCUT2D eigenvalue weighted by Gasteiger charge is -2.44. The van der Waals surface area contributed by atoms with Crippen LogP contribution in [0.3, 0.4) is 0 Å². The maximum absolute atomic E-state index is 12.2. The molecule has 26 nitrogen and oxygen atoms in total. The fourth-order valence-corrected chi connectivity index (χ4v) is 6.71. The van der Waals surface area contributed by atoms with Gasteiger partial charge in [0.05, 0.1) is 0 Å². The maximum atomic E-state index is 12.2. The van der Waals surface area contributed by atoms with E-state index in [2.05, 4.69) is 31.3 Å². The van der Waals surface area contributed by atoms with Crippen LogP contribution in [-0.2, 0) is 85.7 Å². The summed E-state index contributed by atoms with van der Waals surface area (Å²) in [6.45, 7) is 9.25. The van der Waals surface area contributed by atoms with Gasteiger partial charge in [-0.05, 0) is 30.0 Å². The Kier molecular flexibility index (Phi) is 23.4. The molecule has 2 heterocycles. The highest BCUT2D eigenvalue weighted by atomic mass is 32.1. The van der Waals surface area contributed by atoms with Crippen molar-refractivity contribution in [1.29, 1.82) is 0 Å². The number of azide groups is 1. The molecule has 2 aliphatic rings. The Morgan fingerprint density at radius 3 is 1.17 bits per heavy atom. The molecule has 2 rings (SSSR count). The molecule has 0 saturated carbocycles. The molecule has 0 bridgehead atoms. The number of esters is 8. The second kappa shape index (κ2) is 27.5. The molecule has 358 valence electrons. The van der Waals surface area contributed by atoms with E-state index in [1.165, 1.54) is 0 Å². The van der Waals surface area contributed by atoms with E-state index in [0.29, 0.717) is 0 Å². The first kappa shape index (κ1) is 54.5. The topological polar surface area (TPSA) is 329 Å². The SMILES string of the molecule is CC(=O)OC[C@H]1O[C@H](NC(=S)NCCN(CCN=[N+]=[N-])CCNC(=S)N[C@H]2O[C@H](COC(C)=O)[C@@H](OC(C)=O)[C@H](OC(C)=O)[C@@H]2OC(C)=O)[C@@H](OC(C)=O)[C@@H](OC(C)=O)[C@@H]1OC(C)=O. The summed E-state index contributed by atoms with van der Waals surface area (Å²) in [5, 5.41) is 15.2. The van der Waals surface area contributed by atoms with Crippen LogP contribution in [0.1, 0.15) is 55.4 Å². The minimum atomic E-state index is -1.42. The predicted molar refractivity (Wildman–Crippen MR) is 222 cm³/mol. The molecule has 28 heteroatoms. The molecule has 0 aromatic heterocycles. The van der Waals surface area contributed by atoms with Crippen molar-refractivity contribution in [3.05, 3.63) is 10.4 Å². The van der Waals surface area contributed by atoms with Crippen LogP contribution in [0.2, 0.25) is 0 Å². The van der Waals surface area contributed by atoms with Crippen LogP contribution in [0.4, 0.5) is 0 Å². The molecule has 0 radical (unpaired) electrons. The van der Waals surface area contributed by atoms with Crippen molar-refractivity contribution in [2.75, 3.05) is 52.5 Å². The fraction of sp³-hybridized carbons (Fsp3) is 0.722. The van der Waals surface area contributed by atoms with Gasteiger partial charge in [-0.1, -0.05) is 5.11 Å². The van der Waals surface area contributed by atoms with Crippen molar-refractivity contribution in [2.24, 2.45) is 5.11 Å². The summed E-state index contributed by atoms with van der Waals surface area (Å²) in [6, 6.07) is 0. The Labute approximate surface area is 378 Å². The van der Waals surface area contributed by atoms with E-state index in [-0.39, 0.29) is 49.5 Å². The predicted octanol–water partition coefficient (Wildman–Crippen LogP) is -1.31. The molecule has 0 spiro atoms. The van der Waals surface area contributed by atoms with Gasteiger partial charge < -0.3 is 68.6 Å². The van der Waals surface area contributed by atoms with Gasteiger partial charge in [-0.15, -0.1) is 0 Å². The number of ether oxygens (including phenoxy) is 10. The van der Waals surface area contributed by atoms with Gasteiger partial charge in [0.15, 0.2) is 59.3 Å². The lowest BCUT2D eigenvalue weighted by Crippen LogP contribution is -2.67. The summed E-state index contributed by atoms with van der Waals surface area (Å²) in [6.07, 6.45) is -13.4. The molecular formula is C36H54N8O18S2. The van der Waals surface area contributed by atoms with Crippen LogP contribution < -0.4 is 21.3 Å². The summed E-state index contributed by atoms with van der Waals surface area (Å²) in [4.78, 5) is 101. The van der Waals surface area contributed by atoms with Crippen molar-refractivity contribution in [3.8, 4) is 0 Å². The summed E-state index contributed by atoms with van der Waals surface area (Å²) < 4.78 is 54.8. The van der Waals surface area contributed by atoms with Crippen LogP contribution in [-0.4, -0.2) is 177 Å². The van der Waals surface area contributed by atoms with Crippen molar-refractivity contribution >= 4 is 82.4 Å². The van der Waals surface area contributed by atoms with Gasteiger partial charge in [0.25, 0.3) is 0 Å². The zero-order chi connectivity index (χ0) is 48.1. The third-order valence-electron chi connectivity index (χ3n) is 8.54. The third kappa shape index (κ3) is 19.8. The fourth-order valence-electron chi connectivity index (χ4n) is 6.27. The van der Waals surface area contributed by atoms with E-state index >= 15 is 0 Å². The number of nitrogens with one attached hydrogen (secondary N) is 4. The van der Waals surface area contributed by atoms with Crippen molar-refractivity contribution in [2.45, 2.75) is 117 Å². The smallest absolute Gasteiger partial charge is 0.303 e. The van der Waals surface area contributed by atoms with Crippen molar-refractivity contribution in [1.82, 2.24) is 26.2 Å². The first-order valence-electron chi connectivity index (χ1n) is 19.5. The zero-order valence-electron chi connectivity index (χ0n) is 36.4. The number of hydrogen-bond donors (Lipinski definition) is 4. The van der Waals surface area contributed by atoms with E-state index in [0.717, 1.165) is 55.4 Å². The lowest BCUT2D eigenvalue weighted by molar-refractivity contribution is -0.255.